The molecule has 1 aromatic rings. The minimum Gasteiger partial charge on any atom is -0.477 e. The highest BCUT2D eigenvalue weighted by Gasteiger charge is 2.04. The van der Waals surface area contributed by atoms with E-state index in [0.717, 1.165) is 5.69 Å². The van der Waals surface area contributed by atoms with Crippen LogP contribution in [0.2, 0.25) is 0 Å². The van der Waals surface area contributed by atoms with E-state index in [1.165, 1.54) is 13.1 Å². The predicted molar refractivity (Wildman–Crippen MR) is 70.0 cm³/mol. The van der Waals surface area contributed by atoms with Crippen molar-refractivity contribution < 1.29 is 9.90 Å². The predicted octanol–water partition coefficient (Wildman–Crippen LogP) is 1.22. The third-order valence-corrected chi connectivity index (χ3v) is 1.50. The molecule has 5 nitrogen and oxygen atoms in total. The molecule has 0 amide bonds. The maximum atomic E-state index is 10.6. The highest BCUT2D eigenvalue weighted by atomic mass is 16.4. The van der Waals surface area contributed by atoms with Gasteiger partial charge in [-0.05, 0) is 33.3 Å². The number of carboxylic acids is 1. The summed E-state index contributed by atoms with van der Waals surface area (Å²) >= 11 is 0. The van der Waals surface area contributed by atoms with Crippen molar-refractivity contribution in [3.63, 3.8) is 0 Å². The Hall–Kier alpha value is -1.72. The standard InChI is InChI=1S/C9H12N2O2.C2H4.CH5N/c1-11(2)6-7-4-3-5-8(10-7)9(12)13;2*1-2/h3-5H,6H2,1-2H3,(H,12,13);1-2H2;2H2,1H3. The summed E-state index contributed by atoms with van der Waals surface area (Å²) in [6.45, 7) is 6.65. The molecule has 0 spiro atoms. The lowest BCUT2D eigenvalue weighted by molar-refractivity contribution is 0.0690. The van der Waals surface area contributed by atoms with Gasteiger partial charge in [0.05, 0.1) is 5.69 Å². The van der Waals surface area contributed by atoms with Gasteiger partial charge >= 0.3 is 5.97 Å². The molecule has 0 aromatic carbocycles. The Bertz CT molecular complexity index is 327. The van der Waals surface area contributed by atoms with Crippen molar-refractivity contribution in [2.75, 3.05) is 21.1 Å². The number of hydrogen-bond donors (Lipinski definition) is 2. The van der Waals surface area contributed by atoms with E-state index < -0.39 is 5.97 Å². The van der Waals surface area contributed by atoms with E-state index >= 15 is 0 Å². The molecule has 1 aromatic heterocycles. The number of nitrogens with two attached hydrogens (primary N) is 1. The average Bonchev–Trinajstić information content (AvgIpc) is 2.33. The molecule has 5 heteroatoms. The van der Waals surface area contributed by atoms with Crippen molar-refractivity contribution in [2.24, 2.45) is 5.73 Å². The largest absolute Gasteiger partial charge is 0.477 e. The maximum absolute atomic E-state index is 10.6. The Balaban J connectivity index is 0. The lowest BCUT2D eigenvalue weighted by Gasteiger charge is -2.08. The molecule has 0 fully saturated rings. The summed E-state index contributed by atoms with van der Waals surface area (Å²) in [5.74, 6) is -0.986. The zero-order valence-corrected chi connectivity index (χ0v) is 10.7. The van der Waals surface area contributed by atoms with Crippen LogP contribution in [-0.4, -0.2) is 42.1 Å². The Morgan fingerprint density at radius 1 is 1.41 bits per heavy atom. The van der Waals surface area contributed by atoms with E-state index in [9.17, 15) is 4.79 Å². The second kappa shape index (κ2) is 10.8. The van der Waals surface area contributed by atoms with Crippen LogP contribution < -0.4 is 5.73 Å². The number of carboxylic acid groups (broad SMARTS) is 1. The van der Waals surface area contributed by atoms with Crippen molar-refractivity contribution in [3.05, 3.63) is 42.7 Å². The molecular formula is C12H21N3O2. The summed E-state index contributed by atoms with van der Waals surface area (Å²) in [4.78, 5) is 16.5. The quantitative estimate of drug-likeness (QED) is 0.775. The SMILES string of the molecule is C=C.CN.CN(C)Cc1cccc(C(=O)O)n1. The fourth-order valence-electron chi connectivity index (χ4n) is 1.01. The van der Waals surface area contributed by atoms with Crippen LogP contribution >= 0.6 is 0 Å². The minimum absolute atomic E-state index is 0.0966. The van der Waals surface area contributed by atoms with Gasteiger partial charge in [-0.2, -0.15) is 0 Å². The number of aromatic carboxylic acids is 1. The fraction of sp³-hybridized carbons (Fsp3) is 0.333. The number of pyridine rings is 1. The molecule has 1 heterocycles. The van der Waals surface area contributed by atoms with Gasteiger partial charge in [0, 0.05) is 6.54 Å². The molecule has 0 saturated carbocycles. The van der Waals surface area contributed by atoms with Crippen molar-refractivity contribution in [3.8, 4) is 0 Å². The van der Waals surface area contributed by atoms with E-state index in [0.29, 0.717) is 6.54 Å². The molecule has 96 valence electrons. The molecular weight excluding hydrogens is 218 g/mol. The Kier molecular flexibility index (Phi) is 11.2. The number of aromatic nitrogens is 1. The van der Waals surface area contributed by atoms with E-state index in [2.05, 4.69) is 23.9 Å². The minimum atomic E-state index is -0.986. The van der Waals surface area contributed by atoms with Gasteiger partial charge in [-0.25, -0.2) is 9.78 Å². The smallest absolute Gasteiger partial charge is 0.354 e. The molecule has 1 rings (SSSR count). The van der Waals surface area contributed by atoms with Gasteiger partial charge < -0.3 is 15.7 Å². The van der Waals surface area contributed by atoms with Crippen LogP contribution in [0.1, 0.15) is 16.2 Å². The van der Waals surface area contributed by atoms with Gasteiger partial charge in [-0.15, -0.1) is 13.2 Å². The second-order valence-corrected chi connectivity index (χ2v) is 3.06. The molecule has 0 radical (unpaired) electrons. The van der Waals surface area contributed by atoms with E-state index in [4.69, 9.17) is 5.11 Å². The number of hydrogen-bond acceptors (Lipinski definition) is 4. The summed E-state index contributed by atoms with van der Waals surface area (Å²) < 4.78 is 0. The van der Waals surface area contributed by atoms with Crippen LogP contribution in [0.3, 0.4) is 0 Å². The summed E-state index contributed by atoms with van der Waals surface area (Å²) in [7, 11) is 5.32. The van der Waals surface area contributed by atoms with Crippen molar-refractivity contribution in [1.82, 2.24) is 9.88 Å². The lowest BCUT2D eigenvalue weighted by Crippen LogP contribution is -2.13. The van der Waals surface area contributed by atoms with E-state index in [-0.39, 0.29) is 5.69 Å². The zero-order valence-electron chi connectivity index (χ0n) is 10.7. The van der Waals surface area contributed by atoms with Crippen LogP contribution in [-0.2, 0) is 6.54 Å². The van der Waals surface area contributed by atoms with Crippen molar-refractivity contribution >= 4 is 5.97 Å². The molecule has 0 atom stereocenters. The first-order valence-corrected chi connectivity index (χ1v) is 5.01. The summed E-state index contributed by atoms with van der Waals surface area (Å²) in [6.07, 6.45) is 0. The molecule has 0 aliphatic rings. The molecule has 0 aliphatic heterocycles. The van der Waals surface area contributed by atoms with Gasteiger partial charge in [0.2, 0.25) is 0 Å². The van der Waals surface area contributed by atoms with E-state index in [1.54, 1.807) is 6.07 Å². The van der Waals surface area contributed by atoms with Gasteiger partial charge in [0.1, 0.15) is 5.69 Å². The fourth-order valence-corrected chi connectivity index (χ4v) is 1.01. The third kappa shape index (κ3) is 8.12. The van der Waals surface area contributed by atoms with Crippen LogP contribution in [0.4, 0.5) is 0 Å². The first-order chi connectivity index (χ1) is 8.09. The molecule has 0 aliphatic carbocycles. The number of nitrogens with zero attached hydrogens (tertiary/aromatic N) is 2. The van der Waals surface area contributed by atoms with Crippen molar-refractivity contribution in [1.29, 1.82) is 0 Å². The normalized spacial score (nSPS) is 8.53. The lowest BCUT2D eigenvalue weighted by atomic mass is 10.3. The van der Waals surface area contributed by atoms with Crippen LogP contribution in [0.25, 0.3) is 0 Å². The topological polar surface area (TPSA) is 79.5 Å². The van der Waals surface area contributed by atoms with Gasteiger partial charge in [0.15, 0.2) is 0 Å². The highest BCUT2D eigenvalue weighted by molar-refractivity contribution is 5.85. The van der Waals surface area contributed by atoms with Gasteiger partial charge in [0.25, 0.3) is 0 Å². The zero-order chi connectivity index (χ0) is 13.8. The van der Waals surface area contributed by atoms with Crippen LogP contribution in [0.15, 0.2) is 31.4 Å². The summed E-state index contributed by atoms with van der Waals surface area (Å²) in [6, 6.07) is 5.00. The highest BCUT2D eigenvalue weighted by Crippen LogP contribution is 2.01. The Morgan fingerprint density at radius 2 is 1.94 bits per heavy atom. The number of carbonyl (C=O) groups is 1. The summed E-state index contributed by atoms with van der Waals surface area (Å²) in [5, 5.41) is 8.67. The maximum Gasteiger partial charge on any atom is 0.354 e. The molecule has 0 bridgehead atoms. The average molecular weight is 239 g/mol. The first kappa shape index (κ1) is 17.7. The van der Waals surface area contributed by atoms with Crippen LogP contribution in [0, 0.1) is 0 Å². The van der Waals surface area contributed by atoms with E-state index in [1.807, 2.05) is 25.1 Å². The molecule has 3 N–H and O–H groups in total. The second-order valence-electron chi connectivity index (χ2n) is 3.06. The van der Waals surface area contributed by atoms with Gasteiger partial charge in [-0.1, -0.05) is 6.07 Å². The summed E-state index contributed by atoms with van der Waals surface area (Å²) in [5.41, 5.74) is 5.37. The van der Waals surface area contributed by atoms with Crippen molar-refractivity contribution in [2.45, 2.75) is 6.54 Å². The molecule has 17 heavy (non-hydrogen) atoms. The Morgan fingerprint density at radius 3 is 2.35 bits per heavy atom. The third-order valence-electron chi connectivity index (χ3n) is 1.50. The molecule has 0 unspecified atom stereocenters. The van der Waals surface area contributed by atoms with Crippen LogP contribution in [0.5, 0.6) is 0 Å². The Labute approximate surface area is 103 Å². The number of rotatable bonds is 3. The van der Waals surface area contributed by atoms with Gasteiger partial charge in [-0.3, -0.25) is 0 Å². The monoisotopic (exact) mass is 239 g/mol. The molecule has 0 saturated heterocycles. The first-order valence-electron chi connectivity index (χ1n) is 5.01.